The summed E-state index contributed by atoms with van der Waals surface area (Å²) in [5.41, 5.74) is 0.703. The van der Waals surface area contributed by atoms with Crippen LogP contribution in [0.5, 0.6) is 11.6 Å². The van der Waals surface area contributed by atoms with Crippen molar-refractivity contribution < 1.29 is 14.3 Å². The molecule has 3 aromatic rings. The van der Waals surface area contributed by atoms with Crippen LogP contribution in [0.2, 0.25) is 0 Å². The van der Waals surface area contributed by atoms with Gasteiger partial charge in [-0.05, 0) is 56.2 Å². The molecule has 3 rings (SSSR count). The van der Waals surface area contributed by atoms with Crippen molar-refractivity contribution in [2.24, 2.45) is 0 Å². The Kier molecular flexibility index (Phi) is 7.73. The predicted octanol–water partition coefficient (Wildman–Crippen LogP) is 3.25. The van der Waals surface area contributed by atoms with E-state index in [0.29, 0.717) is 37.6 Å². The van der Waals surface area contributed by atoms with Crippen molar-refractivity contribution in [3.63, 3.8) is 0 Å². The second-order valence-corrected chi connectivity index (χ2v) is 6.96. The molecule has 1 N–H and O–H groups in total. The highest BCUT2D eigenvalue weighted by Crippen LogP contribution is 2.24. The lowest BCUT2D eigenvalue weighted by atomic mass is 10.1. The van der Waals surface area contributed by atoms with E-state index in [0.717, 1.165) is 5.56 Å². The smallest absolute Gasteiger partial charge is 0.269 e. The zero-order valence-corrected chi connectivity index (χ0v) is 18.0. The number of carbonyl (C=O) groups excluding carboxylic acids is 1. The molecule has 1 aromatic carbocycles. The predicted molar refractivity (Wildman–Crippen MR) is 120 cm³/mol. The minimum atomic E-state index is -0.580. The van der Waals surface area contributed by atoms with Crippen LogP contribution in [-0.2, 0) is 9.53 Å². The summed E-state index contributed by atoms with van der Waals surface area (Å²) in [6, 6.07) is 14.3. The molecule has 0 fully saturated rings. The van der Waals surface area contributed by atoms with Gasteiger partial charge in [-0.25, -0.2) is 0 Å². The molecule has 0 saturated heterocycles. The van der Waals surface area contributed by atoms with E-state index in [1.807, 2.05) is 32.0 Å². The number of hydrogen-bond acceptors (Lipinski definition) is 6. The van der Waals surface area contributed by atoms with Gasteiger partial charge in [0, 0.05) is 26.0 Å². The highest BCUT2D eigenvalue weighted by atomic mass is 16.5. The highest BCUT2D eigenvalue weighted by Gasteiger charge is 2.17. The van der Waals surface area contributed by atoms with E-state index in [4.69, 9.17) is 9.47 Å². The standard InChI is InChI=1S/C24H24N4O4/c1-3-31-13-7-11-26-22(29)18(16-25)15-20-23(32-19-9-6-8-17(2)14-19)27-21-10-4-5-12-28(21)24(20)30/h4-6,8-10,12,14-15H,3,7,11,13H2,1-2H3,(H,26,29)/b18-15+. The van der Waals surface area contributed by atoms with E-state index >= 15 is 0 Å². The Morgan fingerprint density at radius 1 is 1.28 bits per heavy atom. The summed E-state index contributed by atoms with van der Waals surface area (Å²) in [5, 5.41) is 12.2. The largest absolute Gasteiger partial charge is 0.438 e. The van der Waals surface area contributed by atoms with Gasteiger partial charge in [0.15, 0.2) is 0 Å². The van der Waals surface area contributed by atoms with Crippen LogP contribution in [0.25, 0.3) is 11.7 Å². The Hall–Kier alpha value is -3.96. The Labute approximate surface area is 185 Å². The van der Waals surface area contributed by atoms with Gasteiger partial charge in [0.05, 0.1) is 0 Å². The SMILES string of the molecule is CCOCCCNC(=O)/C(C#N)=C/c1c(Oc2cccc(C)c2)nc2ccccn2c1=O. The lowest BCUT2D eigenvalue weighted by Crippen LogP contribution is -2.27. The van der Waals surface area contributed by atoms with Gasteiger partial charge in [-0.15, -0.1) is 0 Å². The lowest BCUT2D eigenvalue weighted by Gasteiger charge is -2.11. The van der Waals surface area contributed by atoms with E-state index in [2.05, 4.69) is 10.3 Å². The van der Waals surface area contributed by atoms with E-state index in [-0.39, 0.29) is 17.0 Å². The van der Waals surface area contributed by atoms with Gasteiger partial charge in [-0.2, -0.15) is 10.2 Å². The molecule has 0 atom stereocenters. The molecule has 8 nitrogen and oxygen atoms in total. The van der Waals surface area contributed by atoms with Gasteiger partial charge >= 0.3 is 0 Å². The Balaban J connectivity index is 1.99. The van der Waals surface area contributed by atoms with E-state index in [9.17, 15) is 14.9 Å². The second kappa shape index (κ2) is 10.9. The van der Waals surface area contributed by atoms with Crippen molar-refractivity contribution in [2.45, 2.75) is 20.3 Å². The maximum atomic E-state index is 13.2. The number of fused-ring (bicyclic) bond motifs is 1. The van der Waals surface area contributed by atoms with E-state index < -0.39 is 11.5 Å². The number of rotatable bonds is 9. The van der Waals surface area contributed by atoms with Gasteiger partial charge < -0.3 is 14.8 Å². The molecule has 8 heteroatoms. The number of hydrogen-bond donors (Lipinski definition) is 1. The van der Waals surface area contributed by atoms with Crippen LogP contribution in [0.3, 0.4) is 0 Å². The van der Waals surface area contributed by atoms with Gasteiger partial charge in [0.2, 0.25) is 5.88 Å². The third kappa shape index (κ3) is 5.59. The molecular formula is C24H24N4O4. The van der Waals surface area contributed by atoms with Crippen molar-refractivity contribution >= 4 is 17.6 Å². The molecule has 0 saturated carbocycles. The summed E-state index contributed by atoms with van der Waals surface area (Å²) < 4.78 is 12.5. The van der Waals surface area contributed by atoms with Crippen molar-refractivity contribution in [3.05, 3.63) is 75.7 Å². The van der Waals surface area contributed by atoms with Crippen LogP contribution in [0, 0.1) is 18.3 Å². The number of nitrogens with one attached hydrogen (secondary N) is 1. The maximum absolute atomic E-state index is 13.2. The first-order chi connectivity index (χ1) is 15.5. The van der Waals surface area contributed by atoms with Gasteiger partial charge in [0.1, 0.15) is 28.6 Å². The number of carbonyl (C=O) groups is 1. The van der Waals surface area contributed by atoms with Crippen LogP contribution in [0.15, 0.2) is 59.0 Å². The average molecular weight is 432 g/mol. The summed E-state index contributed by atoms with van der Waals surface area (Å²) in [4.78, 5) is 30.1. The zero-order chi connectivity index (χ0) is 22.9. The Morgan fingerprint density at radius 3 is 2.88 bits per heavy atom. The number of aryl methyl sites for hydroxylation is 1. The summed E-state index contributed by atoms with van der Waals surface area (Å²) in [6.07, 6.45) is 3.40. The first kappa shape index (κ1) is 22.7. The fourth-order valence-corrected chi connectivity index (χ4v) is 2.98. The summed E-state index contributed by atoms with van der Waals surface area (Å²) in [7, 11) is 0. The summed E-state index contributed by atoms with van der Waals surface area (Å²) >= 11 is 0. The van der Waals surface area contributed by atoms with Crippen molar-refractivity contribution in [1.82, 2.24) is 14.7 Å². The van der Waals surface area contributed by atoms with Crippen LogP contribution < -0.4 is 15.6 Å². The Bertz CT molecular complexity index is 1240. The molecule has 32 heavy (non-hydrogen) atoms. The van der Waals surface area contributed by atoms with Crippen molar-refractivity contribution in [3.8, 4) is 17.7 Å². The number of aromatic nitrogens is 2. The normalized spacial score (nSPS) is 11.2. The molecule has 0 radical (unpaired) electrons. The molecular weight excluding hydrogens is 408 g/mol. The summed E-state index contributed by atoms with van der Waals surface area (Å²) in [5.74, 6) is -0.0718. The lowest BCUT2D eigenvalue weighted by molar-refractivity contribution is -0.117. The van der Waals surface area contributed by atoms with Crippen molar-refractivity contribution in [2.75, 3.05) is 19.8 Å². The second-order valence-electron chi connectivity index (χ2n) is 6.96. The topological polar surface area (TPSA) is 106 Å². The molecule has 0 aliphatic rings. The molecule has 1 amide bonds. The van der Waals surface area contributed by atoms with Gasteiger partial charge in [-0.1, -0.05) is 18.2 Å². The molecule has 0 aliphatic carbocycles. The fourth-order valence-electron chi connectivity index (χ4n) is 2.98. The van der Waals surface area contributed by atoms with Gasteiger partial charge in [0.25, 0.3) is 11.5 Å². The molecule has 2 heterocycles. The first-order valence-electron chi connectivity index (χ1n) is 10.3. The third-order valence-corrected chi connectivity index (χ3v) is 4.55. The molecule has 2 aromatic heterocycles. The quantitative estimate of drug-likeness (QED) is 0.316. The van der Waals surface area contributed by atoms with Crippen LogP contribution in [-0.4, -0.2) is 35.1 Å². The highest BCUT2D eigenvalue weighted by molar-refractivity contribution is 6.01. The first-order valence-corrected chi connectivity index (χ1v) is 10.3. The number of pyridine rings is 1. The molecule has 0 unspecified atom stereocenters. The van der Waals surface area contributed by atoms with Crippen LogP contribution in [0.1, 0.15) is 24.5 Å². The molecule has 0 aliphatic heterocycles. The number of amides is 1. The maximum Gasteiger partial charge on any atom is 0.269 e. The molecule has 0 spiro atoms. The minimum Gasteiger partial charge on any atom is -0.438 e. The fraction of sp³-hybridized carbons (Fsp3) is 0.250. The summed E-state index contributed by atoms with van der Waals surface area (Å²) in [6.45, 7) is 5.26. The zero-order valence-electron chi connectivity index (χ0n) is 18.0. The molecule has 164 valence electrons. The average Bonchev–Trinajstić information content (AvgIpc) is 2.79. The number of benzene rings is 1. The van der Waals surface area contributed by atoms with Gasteiger partial charge in [-0.3, -0.25) is 14.0 Å². The van der Waals surface area contributed by atoms with E-state index in [1.165, 1.54) is 10.5 Å². The number of nitrogens with zero attached hydrogens (tertiary/aromatic N) is 3. The Morgan fingerprint density at radius 2 is 2.12 bits per heavy atom. The number of nitriles is 1. The monoisotopic (exact) mass is 432 g/mol. The molecule has 0 bridgehead atoms. The van der Waals surface area contributed by atoms with Crippen LogP contribution >= 0.6 is 0 Å². The third-order valence-electron chi connectivity index (χ3n) is 4.55. The minimum absolute atomic E-state index is 0.0104. The van der Waals surface area contributed by atoms with Crippen molar-refractivity contribution in [1.29, 1.82) is 5.26 Å². The van der Waals surface area contributed by atoms with E-state index in [1.54, 1.807) is 36.5 Å². The number of ether oxygens (including phenoxy) is 2. The van der Waals surface area contributed by atoms with Crippen LogP contribution in [0.4, 0.5) is 0 Å².